The molecule has 27 heavy (non-hydrogen) atoms. The Morgan fingerprint density at radius 1 is 0.815 bits per heavy atom. The Morgan fingerprint density at radius 3 is 1.93 bits per heavy atom. The van der Waals surface area contributed by atoms with E-state index >= 15 is 0 Å². The van der Waals surface area contributed by atoms with Crippen molar-refractivity contribution in [2.24, 2.45) is 0 Å². The summed E-state index contributed by atoms with van der Waals surface area (Å²) in [6, 6.07) is 13.2. The van der Waals surface area contributed by atoms with Crippen LogP contribution in [0.3, 0.4) is 0 Å². The summed E-state index contributed by atoms with van der Waals surface area (Å²) in [5.41, 5.74) is 1.13. The molecule has 8 nitrogen and oxygen atoms in total. The molecule has 2 N–H and O–H groups in total. The van der Waals surface area contributed by atoms with E-state index in [1.807, 2.05) is 0 Å². The average Bonchev–Trinajstić information content (AvgIpc) is 2.66. The molecule has 2 rings (SSSR count). The van der Waals surface area contributed by atoms with Gasteiger partial charge in [0.2, 0.25) is 5.91 Å². The molecule has 2 amide bonds. The number of carbonyl (C=O) groups is 3. The van der Waals surface area contributed by atoms with Gasteiger partial charge in [0.1, 0.15) is 11.5 Å². The molecule has 0 bridgehead atoms. The minimum absolute atomic E-state index is 0.185. The molecule has 0 spiro atoms. The van der Waals surface area contributed by atoms with Gasteiger partial charge in [0.05, 0.1) is 7.11 Å². The van der Waals surface area contributed by atoms with E-state index in [-0.39, 0.29) is 12.5 Å². The van der Waals surface area contributed by atoms with Crippen molar-refractivity contribution in [2.45, 2.75) is 6.92 Å². The third-order valence-electron chi connectivity index (χ3n) is 3.27. The van der Waals surface area contributed by atoms with Gasteiger partial charge in [-0.2, -0.15) is 0 Å². The Bertz CT molecular complexity index is 787. The summed E-state index contributed by atoms with van der Waals surface area (Å²) in [5, 5.41) is 5.20. The summed E-state index contributed by atoms with van der Waals surface area (Å²) in [7, 11) is 1.55. The summed E-state index contributed by atoms with van der Waals surface area (Å²) >= 11 is 0. The number of esters is 1. The second-order valence-corrected chi connectivity index (χ2v) is 5.43. The number of benzene rings is 2. The van der Waals surface area contributed by atoms with E-state index in [0.29, 0.717) is 22.9 Å². The molecule has 142 valence electrons. The van der Waals surface area contributed by atoms with Crippen LogP contribution in [0.15, 0.2) is 48.5 Å². The minimum atomic E-state index is -0.665. The molecule has 0 radical (unpaired) electrons. The van der Waals surface area contributed by atoms with Crippen LogP contribution in [0.4, 0.5) is 11.4 Å². The van der Waals surface area contributed by atoms with Gasteiger partial charge >= 0.3 is 5.97 Å². The molecular formula is C19H20N2O6. The van der Waals surface area contributed by atoms with Gasteiger partial charge in [-0.3, -0.25) is 9.59 Å². The lowest BCUT2D eigenvalue weighted by atomic mass is 10.2. The first-order chi connectivity index (χ1) is 13.0. The van der Waals surface area contributed by atoms with Gasteiger partial charge < -0.3 is 24.8 Å². The molecule has 0 aliphatic carbocycles. The number of nitrogens with one attached hydrogen (secondary N) is 2. The summed E-state index contributed by atoms with van der Waals surface area (Å²) < 4.78 is 15.1. The molecule has 0 aromatic heterocycles. The fourth-order valence-corrected chi connectivity index (χ4v) is 2.04. The van der Waals surface area contributed by atoms with Crippen LogP contribution in [-0.4, -0.2) is 38.1 Å². The van der Waals surface area contributed by atoms with Gasteiger partial charge in [-0.25, -0.2) is 4.79 Å². The third kappa shape index (κ3) is 7.07. The second-order valence-electron chi connectivity index (χ2n) is 5.43. The highest BCUT2D eigenvalue weighted by atomic mass is 16.6. The molecule has 0 atom stereocenters. The number of anilines is 2. The number of rotatable bonds is 8. The van der Waals surface area contributed by atoms with Crippen molar-refractivity contribution >= 4 is 29.2 Å². The first kappa shape index (κ1) is 19.8. The maximum Gasteiger partial charge on any atom is 0.344 e. The molecule has 0 saturated carbocycles. The van der Waals surface area contributed by atoms with E-state index in [4.69, 9.17) is 14.2 Å². The van der Waals surface area contributed by atoms with E-state index in [1.54, 1.807) is 55.6 Å². The molecule has 0 aliphatic heterocycles. The quantitative estimate of drug-likeness (QED) is 0.689. The largest absolute Gasteiger partial charge is 0.497 e. The smallest absolute Gasteiger partial charge is 0.344 e. The van der Waals surface area contributed by atoms with E-state index in [9.17, 15) is 14.4 Å². The normalized spacial score (nSPS) is 9.85. The zero-order valence-electron chi connectivity index (χ0n) is 15.0. The van der Waals surface area contributed by atoms with E-state index < -0.39 is 18.5 Å². The molecule has 0 heterocycles. The van der Waals surface area contributed by atoms with Crippen LogP contribution < -0.4 is 20.1 Å². The minimum Gasteiger partial charge on any atom is -0.497 e. The Morgan fingerprint density at radius 2 is 1.37 bits per heavy atom. The Balaban J connectivity index is 1.71. The average molecular weight is 372 g/mol. The summed E-state index contributed by atoms with van der Waals surface area (Å²) in [4.78, 5) is 34.4. The summed E-state index contributed by atoms with van der Waals surface area (Å²) in [6.07, 6.45) is 0. The number of ether oxygens (including phenoxy) is 3. The van der Waals surface area contributed by atoms with Crippen molar-refractivity contribution in [3.63, 3.8) is 0 Å². The molecule has 2 aromatic carbocycles. The van der Waals surface area contributed by atoms with Gasteiger partial charge in [0, 0.05) is 18.3 Å². The first-order valence-corrected chi connectivity index (χ1v) is 8.06. The predicted molar refractivity (Wildman–Crippen MR) is 98.8 cm³/mol. The highest BCUT2D eigenvalue weighted by Gasteiger charge is 2.09. The Hall–Kier alpha value is -3.55. The molecule has 0 unspecified atom stereocenters. The topological polar surface area (TPSA) is 103 Å². The van der Waals surface area contributed by atoms with Crippen molar-refractivity contribution in [1.29, 1.82) is 0 Å². The van der Waals surface area contributed by atoms with Crippen LogP contribution in [0.25, 0.3) is 0 Å². The van der Waals surface area contributed by atoms with Crippen LogP contribution in [0.1, 0.15) is 6.92 Å². The number of hydrogen-bond acceptors (Lipinski definition) is 6. The second kappa shape index (κ2) is 9.81. The molecule has 8 heteroatoms. The SMILES string of the molecule is COc1ccc(OCC(=O)OCC(=O)Nc2ccc(NC(C)=O)cc2)cc1. The zero-order valence-corrected chi connectivity index (χ0v) is 15.0. The zero-order chi connectivity index (χ0) is 19.6. The van der Waals surface area contributed by atoms with Gasteiger partial charge in [0.15, 0.2) is 13.2 Å². The highest BCUT2D eigenvalue weighted by Crippen LogP contribution is 2.17. The van der Waals surface area contributed by atoms with Crippen LogP contribution in [0, 0.1) is 0 Å². The first-order valence-electron chi connectivity index (χ1n) is 8.06. The van der Waals surface area contributed by atoms with E-state index in [0.717, 1.165) is 0 Å². The highest BCUT2D eigenvalue weighted by molar-refractivity contribution is 5.93. The number of amides is 2. The lowest BCUT2D eigenvalue weighted by molar-refractivity contribution is -0.149. The van der Waals surface area contributed by atoms with Crippen LogP contribution in [0.2, 0.25) is 0 Å². The van der Waals surface area contributed by atoms with Crippen LogP contribution in [-0.2, 0) is 19.1 Å². The van der Waals surface area contributed by atoms with Gasteiger partial charge in [0.25, 0.3) is 5.91 Å². The van der Waals surface area contributed by atoms with Crippen molar-refractivity contribution in [3.8, 4) is 11.5 Å². The van der Waals surface area contributed by atoms with E-state index in [1.165, 1.54) is 6.92 Å². The number of hydrogen-bond donors (Lipinski definition) is 2. The summed E-state index contributed by atoms with van der Waals surface area (Å²) in [5.74, 6) is -0.180. The molecule has 2 aromatic rings. The maximum absolute atomic E-state index is 11.8. The third-order valence-corrected chi connectivity index (χ3v) is 3.27. The monoisotopic (exact) mass is 372 g/mol. The Labute approximate surface area is 156 Å². The Kier molecular flexibility index (Phi) is 7.18. The summed E-state index contributed by atoms with van der Waals surface area (Å²) in [6.45, 7) is 0.658. The molecule has 0 saturated heterocycles. The van der Waals surface area contributed by atoms with Gasteiger partial charge in [-0.1, -0.05) is 0 Å². The van der Waals surface area contributed by atoms with Gasteiger partial charge in [-0.15, -0.1) is 0 Å². The number of methoxy groups -OCH3 is 1. The predicted octanol–water partition coefficient (Wildman–Crippen LogP) is 2.21. The van der Waals surface area contributed by atoms with Crippen molar-refractivity contribution in [1.82, 2.24) is 0 Å². The maximum atomic E-state index is 11.8. The molecule has 0 fully saturated rings. The van der Waals surface area contributed by atoms with E-state index in [2.05, 4.69) is 10.6 Å². The standard InChI is InChI=1S/C19H20N2O6/c1-13(22)20-14-3-5-15(6-4-14)21-18(23)11-27-19(24)12-26-17-9-7-16(25-2)8-10-17/h3-10H,11-12H2,1-2H3,(H,20,22)(H,21,23). The van der Waals surface area contributed by atoms with Crippen molar-refractivity contribution in [3.05, 3.63) is 48.5 Å². The van der Waals surface area contributed by atoms with Crippen LogP contribution >= 0.6 is 0 Å². The lowest BCUT2D eigenvalue weighted by Gasteiger charge is -2.09. The van der Waals surface area contributed by atoms with Gasteiger partial charge in [-0.05, 0) is 48.5 Å². The number of carbonyl (C=O) groups excluding carboxylic acids is 3. The van der Waals surface area contributed by atoms with Crippen LogP contribution in [0.5, 0.6) is 11.5 Å². The fourth-order valence-electron chi connectivity index (χ4n) is 2.04. The fraction of sp³-hybridized carbons (Fsp3) is 0.211. The lowest BCUT2D eigenvalue weighted by Crippen LogP contribution is -2.23. The van der Waals surface area contributed by atoms with Crippen molar-refractivity contribution < 1.29 is 28.6 Å². The van der Waals surface area contributed by atoms with Crippen molar-refractivity contribution in [2.75, 3.05) is 31.0 Å². The molecular weight excluding hydrogens is 352 g/mol. The molecule has 0 aliphatic rings.